The Morgan fingerprint density at radius 1 is 1.43 bits per heavy atom. The number of hydrogen-bond acceptors (Lipinski definition) is 4. The second-order valence-corrected chi connectivity index (χ2v) is 4.10. The Morgan fingerprint density at radius 2 is 2.14 bits per heavy atom. The zero-order valence-electron chi connectivity index (χ0n) is 6.55. The molecule has 0 saturated heterocycles. The Morgan fingerprint density at radius 3 is 2.79 bits per heavy atom. The monoisotopic (exact) mass is 235 g/mol. The summed E-state index contributed by atoms with van der Waals surface area (Å²) in [5.74, 6) is 0. The fourth-order valence-corrected chi connectivity index (χ4v) is 1.80. The Balaban J connectivity index is 2.90. The fourth-order valence-electron chi connectivity index (χ4n) is 1.05. The summed E-state index contributed by atoms with van der Waals surface area (Å²) in [7, 11) is -4.79. The van der Waals surface area contributed by atoms with Crippen LogP contribution in [-0.2, 0) is 10.2 Å². The van der Waals surface area contributed by atoms with Gasteiger partial charge in [-0.25, -0.2) is 9.97 Å². The van der Waals surface area contributed by atoms with Crippen LogP contribution in [-0.4, -0.2) is 22.8 Å². The highest BCUT2D eigenvalue weighted by Crippen LogP contribution is 2.18. The molecular weight excluding hydrogens is 233 g/mol. The molecule has 14 heavy (non-hydrogen) atoms. The molecule has 0 unspecified atom stereocenters. The van der Waals surface area contributed by atoms with E-state index in [0.29, 0.717) is 0 Å². The van der Waals surface area contributed by atoms with E-state index < -0.39 is 15.2 Å². The first-order chi connectivity index (χ1) is 6.50. The summed E-state index contributed by atoms with van der Waals surface area (Å²) >= 11 is 5.61. The molecule has 2 rings (SSSR count). The SMILES string of the molecule is O=S(=O)(F)c1cnc2c(Cl)nccn12. The molecule has 0 saturated carbocycles. The van der Waals surface area contributed by atoms with Crippen LogP contribution in [0.2, 0.25) is 5.15 Å². The van der Waals surface area contributed by atoms with E-state index in [1.54, 1.807) is 0 Å². The number of aromatic nitrogens is 3. The Labute approximate surface area is 83.4 Å². The van der Waals surface area contributed by atoms with Crippen molar-refractivity contribution in [2.24, 2.45) is 0 Å². The normalized spacial score (nSPS) is 12.1. The van der Waals surface area contributed by atoms with Gasteiger partial charge in [0.1, 0.15) is 0 Å². The summed E-state index contributed by atoms with van der Waals surface area (Å²) < 4.78 is 34.9. The maximum Gasteiger partial charge on any atom is 0.349 e. The number of fused-ring (bicyclic) bond motifs is 1. The van der Waals surface area contributed by atoms with Gasteiger partial charge in [0.15, 0.2) is 15.8 Å². The molecule has 0 aliphatic carbocycles. The molecule has 2 aromatic rings. The fraction of sp³-hybridized carbons (Fsp3) is 0. The molecule has 2 heterocycles. The van der Waals surface area contributed by atoms with Gasteiger partial charge in [-0.15, -0.1) is 0 Å². The second kappa shape index (κ2) is 2.89. The van der Waals surface area contributed by atoms with E-state index in [-0.39, 0.29) is 10.8 Å². The quantitative estimate of drug-likeness (QED) is 0.693. The van der Waals surface area contributed by atoms with Crippen molar-refractivity contribution in [1.29, 1.82) is 0 Å². The van der Waals surface area contributed by atoms with Crippen molar-refractivity contribution < 1.29 is 12.3 Å². The lowest BCUT2D eigenvalue weighted by atomic mass is 10.7. The summed E-state index contributed by atoms with van der Waals surface area (Å²) in [5.41, 5.74) is 0.102. The standard InChI is InChI=1S/C6H3ClFN3O2S/c7-5-6-10-3-4(14(8,12)13)11(6)2-1-9-5/h1-3H. The van der Waals surface area contributed by atoms with Gasteiger partial charge in [-0.3, -0.25) is 4.40 Å². The van der Waals surface area contributed by atoms with Gasteiger partial charge in [-0.2, -0.15) is 8.42 Å². The van der Waals surface area contributed by atoms with Crippen molar-refractivity contribution in [3.8, 4) is 0 Å². The molecule has 0 aromatic carbocycles. The lowest BCUT2D eigenvalue weighted by molar-refractivity contribution is 0.546. The van der Waals surface area contributed by atoms with Crippen LogP contribution in [0, 0.1) is 0 Å². The van der Waals surface area contributed by atoms with E-state index in [2.05, 4.69) is 9.97 Å². The lowest BCUT2D eigenvalue weighted by Crippen LogP contribution is -1.98. The maximum atomic E-state index is 12.7. The highest BCUT2D eigenvalue weighted by Gasteiger charge is 2.18. The molecule has 74 valence electrons. The van der Waals surface area contributed by atoms with Gasteiger partial charge in [-0.1, -0.05) is 15.5 Å². The first-order valence-corrected chi connectivity index (χ1v) is 5.18. The van der Waals surface area contributed by atoms with Gasteiger partial charge >= 0.3 is 10.2 Å². The smallest absolute Gasteiger partial charge is 0.284 e. The number of rotatable bonds is 1. The Kier molecular flexibility index (Phi) is 1.93. The molecule has 0 atom stereocenters. The minimum absolute atomic E-state index is 0.0161. The molecular formula is C6H3ClFN3O2S. The minimum Gasteiger partial charge on any atom is -0.284 e. The van der Waals surface area contributed by atoms with Crippen molar-refractivity contribution in [2.75, 3.05) is 0 Å². The van der Waals surface area contributed by atoms with Gasteiger partial charge in [-0.05, 0) is 0 Å². The van der Waals surface area contributed by atoms with Crippen LogP contribution in [0.4, 0.5) is 3.89 Å². The van der Waals surface area contributed by atoms with Crippen molar-refractivity contribution in [2.45, 2.75) is 5.03 Å². The predicted molar refractivity (Wildman–Crippen MR) is 46.3 cm³/mol. The molecule has 0 amide bonds. The van der Waals surface area contributed by atoms with Gasteiger partial charge in [0.05, 0.1) is 6.20 Å². The average Bonchev–Trinajstić information content (AvgIpc) is 2.47. The molecule has 0 spiro atoms. The van der Waals surface area contributed by atoms with Crippen LogP contribution in [0.15, 0.2) is 23.6 Å². The second-order valence-electron chi connectivity index (χ2n) is 2.45. The molecule has 0 bridgehead atoms. The van der Waals surface area contributed by atoms with Crippen molar-refractivity contribution >= 4 is 27.5 Å². The summed E-state index contributed by atoms with van der Waals surface area (Å²) in [5, 5.41) is -0.542. The van der Waals surface area contributed by atoms with Crippen LogP contribution < -0.4 is 0 Å². The summed E-state index contributed by atoms with van der Waals surface area (Å²) in [6.45, 7) is 0. The topological polar surface area (TPSA) is 64.3 Å². The molecule has 0 aliphatic rings. The third kappa shape index (κ3) is 1.34. The van der Waals surface area contributed by atoms with E-state index in [1.165, 1.54) is 12.4 Å². The van der Waals surface area contributed by atoms with E-state index in [4.69, 9.17) is 11.6 Å². The Bertz CT molecular complexity index is 594. The first kappa shape index (κ1) is 9.35. The first-order valence-electron chi connectivity index (χ1n) is 3.42. The number of halogens is 2. The van der Waals surface area contributed by atoms with Crippen molar-refractivity contribution in [3.63, 3.8) is 0 Å². The zero-order chi connectivity index (χ0) is 10.3. The molecule has 2 aromatic heterocycles. The summed E-state index contributed by atoms with van der Waals surface area (Å²) in [6.07, 6.45) is 3.41. The van der Waals surface area contributed by atoms with Gasteiger partial charge in [0.25, 0.3) is 0 Å². The number of nitrogens with zero attached hydrogens (tertiary/aromatic N) is 3. The van der Waals surface area contributed by atoms with Crippen LogP contribution in [0.25, 0.3) is 5.65 Å². The van der Waals surface area contributed by atoms with Gasteiger partial charge < -0.3 is 0 Å². The highest BCUT2D eigenvalue weighted by atomic mass is 35.5. The molecule has 8 heteroatoms. The van der Waals surface area contributed by atoms with Crippen LogP contribution in [0.5, 0.6) is 0 Å². The third-order valence-corrected chi connectivity index (χ3v) is 2.67. The number of imidazole rings is 1. The number of hydrogen-bond donors (Lipinski definition) is 0. The molecule has 0 fully saturated rings. The molecule has 5 nitrogen and oxygen atoms in total. The minimum atomic E-state index is -4.79. The lowest BCUT2D eigenvalue weighted by Gasteiger charge is -1.96. The summed E-state index contributed by atoms with van der Waals surface area (Å²) in [6, 6.07) is 0. The van der Waals surface area contributed by atoms with E-state index in [1.807, 2.05) is 0 Å². The third-order valence-electron chi connectivity index (χ3n) is 1.60. The van der Waals surface area contributed by atoms with Crippen LogP contribution in [0.1, 0.15) is 0 Å². The maximum absolute atomic E-state index is 12.7. The van der Waals surface area contributed by atoms with E-state index >= 15 is 0 Å². The summed E-state index contributed by atoms with van der Waals surface area (Å²) in [4.78, 5) is 7.30. The van der Waals surface area contributed by atoms with Crippen LogP contribution in [0.3, 0.4) is 0 Å². The zero-order valence-corrected chi connectivity index (χ0v) is 8.13. The molecule has 0 aliphatic heterocycles. The van der Waals surface area contributed by atoms with Crippen molar-refractivity contribution in [3.05, 3.63) is 23.7 Å². The highest BCUT2D eigenvalue weighted by molar-refractivity contribution is 7.86. The van der Waals surface area contributed by atoms with Gasteiger partial charge in [0.2, 0.25) is 0 Å². The predicted octanol–water partition coefficient (Wildman–Crippen LogP) is 1.04. The van der Waals surface area contributed by atoms with E-state index in [9.17, 15) is 12.3 Å². The average molecular weight is 236 g/mol. The van der Waals surface area contributed by atoms with Crippen molar-refractivity contribution in [1.82, 2.24) is 14.4 Å². The molecule has 0 radical (unpaired) electrons. The van der Waals surface area contributed by atoms with Gasteiger partial charge in [0, 0.05) is 12.4 Å². The largest absolute Gasteiger partial charge is 0.349 e. The Hall–Kier alpha value is -1.21. The van der Waals surface area contributed by atoms with Crippen LogP contribution >= 0.6 is 11.6 Å². The van der Waals surface area contributed by atoms with E-state index in [0.717, 1.165) is 10.6 Å². The molecule has 0 N–H and O–H groups in total.